The number of hydrogen-bond donors (Lipinski definition) is 2. The van der Waals surface area contributed by atoms with E-state index < -0.39 is 29.1 Å². The van der Waals surface area contributed by atoms with Gasteiger partial charge in [0.25, 0.3) is 5.91 Å². The molecular weight excluding hydrogens is 367 g/mol. The number of benzene rings is 1. The first-order chi connectivity index (χ1) is 13.2. The number of halogens is 1. The monoisotopic (exact) mass is 392 g/mol. The Morgan fingerprint density at radius 1 is 1.39 bits per heavy atom. The van der Waals surface area contributed by atoms with Gasteiger partial charge in [-0.25, -0.2) is 4.39 Å². The van der Waals surface area contributed by atoms with Gasteiger partial charge in [0.1, 0.15) is 23.5 Å². The van der Waals surface area contributed by atoms with Crippen molar-refractivity contribution in [2.24, 2.45) is 11.1 Å². The smallest absolute Gasteiger partial charge is 0.273 e. The summed E-state index contributed by atoms with van der Waals surface area (Å²) < 4.78 is 26.9. The van der Waals surface area contributed by atoms with Gasteiger partial charge >= 0.3 is 0 Å². The molecule has 152 valence electrons. The number of amides is 2. The molecule has 2 atom stereocenters. The van der Waals surface area contributed by atoms with Crippen LogP contribution in [0.1, 0.15) is 31.3 Å². The summed E-state index contributed by atoms with van der Waals surface area (Å²) in [5.41, 5.74) is 5.09. The molecule has 2 heterocycles. The third kappa shape index (κ3) is 4.15. The zero-order valence-corrected chi connectivity index (χ0v) is 16.2. The topological polar surface area (TPSA) is 108 Å². The van der Waals surface area contributed by atoms with E-state index in [4.69, 9.17) is 15.2 Å². The molecule has 1 saturated heterocycles. The number of nitrogens with two attached hydrogens (primary N) is 1. The van der Waals surface area contributed by atoms with Crippen LogP contribution in [0.4, 0.5) is 4.39 Å². The predicted molar refractivity (Wildman–Crippen MR) is 100 cm³/mol. The van der Waals surface area contributed by atoms with Gasteiger partial charge in [0.05, 0.1) is 26.4 Å². The normalized spacial score (nSPS) is 18.8. The van der Waals surface area contributed by atoms with E-state index in [9.17, 15) is 14.0 Å². The first kappa shape index (κ1) is 20.2. The summed E-state index contributed by atoms with van der Waals surface area (Å²) in [4.78, 5) is 24.7. The quantitative estimate of drug-likeness (QED) is 0.795. The van der Waals surface area contributed by atoms with Crippen LogP contribution >= 0.6 is 0 Å². The Hall–Kier alpha value is -2.52. The first-order valence-corrected chi connectivity index (χ1v) is 9.13. The summed E-state index contributed by atoms with van der Waals surface area (Å²) in [5.74, 6) is -1.74. The number of carbonyl (C=O) groups excluding carboxylic acids is 2. The fraction of sp³-hybridized carbons (Fsp3) is 0.526. The van der Waals surface area contributed by atoms with E-state index in [1.54, 1.807) is 26.8 Å². The molecule has 1 unspecified atom stereocenters. The van der Waals surface area contributed by atoms with Gasteiger partial charge in [-0.3, -0.25) is 14.3 Å². The molecule has 9 heteroatoms. The average Bonchev–Trinajstić information content (AvgIpc) is 2.99. The van der Waals surface area contributed by atoms with Gasteiger partial charge in [-0.05, 0) is 11.5 Å². The lowest BCUT2D eigenvalue weighted by atomic mass is 9.86. The Balaban J connectivity index is 1.95. The van der Waals surface area contributed by atoms with Crippen LogP contribution in [0.2, 0.25) is 0 Å². The third-order valence-corrected chi connectivity index (χ3v) is 4.62. The lowest BCUT2D eigenvalue weighted by Gasteiger charge is -2.28. The number of nitrogens with zero attached hydrogens (tertiary/aromatic N) is 2. The van der Waals surface area contributed by atoms with Crippen molar-refractivity contribution >= 4 is 22.7 Å². The molecule has 2 aromatic rings. The Labute approximate surface area is 162 Å². The molecule has 1 fully saturated rings. The number of ether oxygens (including phenoxy) is 2. The Morgan fingerprint density at radius 2 is 2.14 bits per heavy atom. The first-order valence-electron chi connectivity index (χ1n) is 9.13. The second kappa shape index (κ2) is 7.84. The van der Waals surface area contributed by atoms with Crippen molar-refractivity contribution in [1.29, 1.82) is 0 Å². The van der Waals surface area contributed by atoms with Crippen LogP contribution in [-0.4, -0.2) is 53.6 Å². The molecule has 2 amide bonds. The fourth-order valence-corrected chi connectivity index (χ4v) is 3.24. The predicted octanol–water partition coefficient (Wildman–Crippen LogP) is 1.22. The Bertz CT molecular complexity index is 884. The summed E-state index contributed by atoms with van der Waals surface area (Å²) in [6.07, 6.45) is -0.291. The van der Waals surface area contributed by atoms with Crippen LogP contribution in [0, 0.1) is 11.2 Å². The lowest BCUT2D eigenvalue weighted by Crippen LogP contribution is -2.52. The molecule has 8 nitrogen and oxygen atoms in total. The molecule has 1 aliphatic heterocycles. The van der Waals surface area contributed by atoms with Gasteiger partial charge in [0.15, 0.2) is 5.69 Å². The number of primary amides is 1. The Kier molecular flexibility index (Phi) is 5.66. The molecule has 0 aliphatic carbocycles. The molecule has 28 heavy (non-hydrogen) atoms. The zero-order valence-electron chi connectivity index (χ0n) is 16.2. The van der Waals surface area contributed by atoms with Gasteiger partial charge in [0.2, 0.25) is 5.91 Å². The molecular formula is C19H25FN4O4. The van der Waals surface area contributed by atoms with Crippen LogP contribution in [0.5, 0.6) is 0 Å². The van der Waals surface area contributed by atoms with E-state index >= 15 is 0 Å². The second-order valence-electron chi connectivity index (χ2n) is 7.91. The van der Waals surface area contributed by atoms with Gasteiger partial charge in [-0.2, -0.15) is 5.10 Å². The minimum atomic E-state index is -0.899. The highest BCUT2D eigenvalue weighted by Gasteiger charge is 2.33. The fourth-order valence-electron chi connectivity index (χ4n) is 3.24. The third-order valence-electron chi connectivity index (χ3n) is 4.62. The maximum atomic E-state index is 14.5. The van der Waals surface area contributed by atoms with Gasteiger partial charge in [-0.15, -0.1) is 0 Å². The van der Waals surface area contributed by atoms with Crippen molar-refractivity contribution in [2.75, 3.05) is 19.8 Å². The van der Waals surface area contributed by atoms with Crippen molar-refractivity contribution in [1.82, 2.24) is 15.1 Å². The number of para-hydroxylation sites is 1. The number of hydrogen-bond acceptors (Lipinski definition) is 5. The molecule has 3 N–H and O–H groups in total. The van der Waals surface area contributed by atoms with Crippen molar-refractivity contribution in [3.05, 3.63) is 29.7 Å². The van der Waals surface area contributed by atoms with Crippen LogP contribution < -0.4 is 11.1 Å². The highest BCUT2D eigenvalue weighted by Crippen LogP contribution is 2.24. The SMILES string of the molecule is CC(C)(C)C(NC(=O)c1nn(C[C@@H]2COCCO2)c2c(F)cccc12)C(N)=O. The van der Waals surface area contributed by atoms with E-state index in [1.165, 1.54) is 16.8 Å². The maximum absolute atomic E-state index is 14.5. The highest BCUT2D eigenvalue weighted by molar-refractivity contribution is 6.06. The summed E-state index contributed by atoms with van der Waals surface area (Å²) in [7, 11) is 0. The highest BCUT2D eigenvalue weighted by atomic mass is 19.1. The van der Waals surface area contributed by atoms with Crippen molar-refractivity contribution in [3.63, 3.8) is 0 Å². The zero-order chi connectivity index (χ0) is 20.5. The van der Waals surface area contributed by atoms with Gasteiger partial charge in [0, 0.05) is 5.39 Å². The molecule has 0 radical (unpaired) electrons. The maximum Gasteiger partial charge on any atom is 0.273 e. The minimum absolute atomic E-state index is 0.0294. The van der Waals surface area contributed by atoms with Gasteiger partial charge < -0.3 is 20.5 Å². The van der Waals surface area contributed by atoms with Gasteiger partial charge in [-0.1, -0.05) is 32.9 Å². The van der Waals surface area contributed by atoms with Crippen molar-refractivity contribution in [2.45, 2.75) is 39.5 Å². The van der Waals surface area contributed by atoms with E-state index in [1.807, 2.05) is 0 Å². The molecule has 0 saturated carbocycles. The summed E-state index contributed by atoms with van der Waals surface area (Å²) >= 11 is 0. The molecule has 0 spiro atoms. The molecule has 0 bridgehead atoms. The summed E-state index contributed by atoms with van der Waals surface area (Å²) in [5, 5.41) is 7.30. The van der Waals surface area contributed by atoms with Crippen LogP contribution in [0.25, 0.3) is 10.9 Å². The van der Waals surface area contributed by atoms with E-state index in [-0.39, 0.29) is 23.9 Å². The van der Waals surface area contributed by atoms with E-state index in [2.05, 4.69) is 10.4 Å². The van der Waals surface area contributed by atoms with E-state index in [0.717, 1.165) is 0 Å². The molecule has 1 aliphatic rings. The number of aromatic nitrogens is 2. The standard InChI is InChI=1S/C19H25FN4O4/c1-19(2,3)16(17(21)25)22-18(26)14-12-5-4-6-13(20)15(12)24(23-14)9-11-10-27-7-8-28-11/h4-6,11,16H,7-10H2,1-3H3,(H2,21,25)(H,22,26)/t11-,16?/m1/s1. The van der Waals surface area contributed by atoms with Crippen LogP contribution in [-0.2, 0) is 20.8 Å². The van der Waals surface area contributed by atoms with Crippen molar-refractivity contribution < 1.29 is 23.5 Å². The van der Waals surface area contributed by atoms with Crippen molar-refractivity contribution in [3.8, 4) is 0 Å². The second-order valence-corrected chi connectivity index (χ2v) is 7.91. The largest absolute Gasteiger partial charge is 0.376 e. The lowest BCUT2D eigenvalue weighted by molar-refractivity contribution is -0.122. The number of fused-ring (bicyclic) bond motifs is 1. The molecule has 1 aromatic carbocycles. The number of nitrogens with one attached hydrogen (secondary N) is 1. The van der Waals surface area contributed by atoms with Crippen LogP contribution in [0.3, 0.4) is 0 Å². The molecule has 1 aromatic heterocycles. The van der Waals surface area contributed by atoms with Crippen LogP contribution in [0.15, 0.2) is 18.2 Å². The minimum Gasteiger partial charge on any atom is -0.376 e. The number of rotatable bonds is 5. The average molecular weight is 392 g/mol. The summed E-state index contributed by atoms with van der Waals surface area (Å²) in [6, 6.07) is 3.53. The van der Waals surface area contributed by atoms with E-state index in [0.29, 0.717) is 25.2 Å². The Morgan fingerprint density at radius 3 is 2.75 bits per heavy atom. The number of carbonyl (C=O) groups is 2. The molecule has 3 rings (SSSR count). The summed E-state index contributed by atoms with van der Waals surface area (Å²) in [6.45, 7) is 6.94.